The van der Waals surface area contributed by atoms with Crippen LogP contribution in [0.3, 0.4) is 0 Å². The van der Waals surface area contributed by atoms with Crippen LogP contribution >= 0.6 is 0 Å². The number of nitrogens with zero attached hydrogens (tertiary/aromatic N) is 1. The van der Waals surface area contributed by atoms with Gasteiger partial charge in [0, 0.05) is 30.3 Å². The third-order valence-electron chi connectivity index (χ3n) is 5.73. The molecule has 1 saturated heterocycles. The van der Waals surface area contributed by atoms with E-state index in [2.05, 4.69) is 11.8 Å². The molecule has 2 aromatic carbocycles. The number of carbonyl (C=O) groups is 1. The third-order valence-corrected chi connectivity index (χ3v) is 5.73. The fraction of sp³-hybridized carbons (Fsp3) is 0.458. The van der Waals surface area contributed by atoms with Crippen LogP contribution in [-0.4, -0.2) is 32.1 Å². The highest BCUT2D eigenvalue weighted by molar-refractivity contribution is 5.75. The summed E-state index contributed by atoms with van der Waals surface area (Å²) in [7, 11) is 0. The number of ether oxygens (including phenoxy) is 1. The molecule has 30 heavy (non-hydrogen) atoms. The molecule has 0 N–H and O–H groups in total. The maximum atomic E-state index is 12.9. The highest BCUT2D eigenvalue weighted by Gasteiger charge is 2.32. The molecule has 6 heteroatoms. The van der Waals surface area contributed by atoms with E-state index in [1.807, 2.05) is 12.1 Å². The van der Waals surface area contributed by atoms with E-state index in [1.54, 1.807) is 24.3 Å². The van der Waals surface area contributed by atoms with Crippen molar-refractivity contribution >= 4 is 12.0 Å². The third kappa shape index (κ3) is 5.63. The zero-order valence-electron chi connectivity index (χ0n) is 17.2. The van der Waals surface area contributed by atoms with E-state index in [0.717, 1.165) is 49.8 Å². The minimum Gasteiger partial charge on any atom is -0.379 e. The van der Waals surface area contributed by atoms with Gasteiger partial charge in [-0.15, -0.1) is 0 Å². The molecular formula is C24H28F3NO2. The Balaban J connectivity index is 1.76. The average molecular weight is 419 g/mol. The van der Waals surface area contributed by atoms with Crippen molar-refractivity contribution in [3.63, 3.8) is 0 Å². The summed E-state index contributed by atoms with van der Waals surface area (Å²) in [5.41, 5.74) is 1.92. The van der Waals surface area contributed by atoms with Crippen molar-refractivity contribution in [1.82, 2.24) is 0 Å². The summed E-state index contributed by atoms with van der Waals surface area (Å²) in [6, 6.07) is 13.2. The van der Waals surface area contributed by atoms with Gasteiger partial charge < -0.3 is 9.64 Å². The van der Waals surface area contributed by atoms with Gasteiger partial charge in [-0.1, -0.05) is 25.5 Å². The summed E-state index contributed by atoms with van der Waals surface area (Å²) < 4.78 is 44.5. The Hall–Kier alpha value is -2.34. The van der Waals surface area contributed by atoms with Gasteiger partial charge in [0.25, 0.3) is 0 Å². The lowest BCUT2D eigenvalue weighted by Crippen LogP contribution is -2.45. The number of rotatable bonds is 8. The number of unbranched alkanes of at least 4 members (excludes halogenated alkanes) is 1. The van der Waals surface area contributed by atoms with Crippen LogP contribution in [0, 0.1) is 0 Å². The Kier molecular flexibility index (Phi) is 7.53. The number of hydrogen-bond acceptors (Lipinski definition) is 3. The highest BCUT2D eigenvalue weighted by atomic mass is 19.4. The number of carbonyl (C=O) groups excluding carboxylic acids is 1. The summed E-state index contributed by atoms with van der Waals surface area (Å²) >= 11 is 0. The normalized spacial score (nSPS) is 19.7. The molecule has 1 fully saturated rings. The number of aldehydes is 1. The van der Waals surface area contributed by atoms with Gasteiger partial charge in [0.2, 0.25) is 0 Å². The van der Waals surface area contributed by atoms with Crippen LogP contribution in [0.5, 0.6) is 0 Å². The summed E-state index contributed by atoms with van der Waals surface area (Å²) in [6.45, 7) is 4.18. The van der Waals surface area contributed by atoms with Crippen LogP contribution < -0.4 is 4.90 Å². The molecule has 3 rings (SSSR count). The van der Waals surface area contributed by atoms with Crippen molar-refractivity contribution in [2.45, 2.75) is 50.7 Å². The summed E-state index contributed by atoms with van der Waals surface area (Å²) in [5, 5.41) is 0. The van der Waals surface area contributed by atoms with Gasteiger partial charge in [0.1, 0.15) is 6.29 Å². The molecule has 162 valence electrons. The van der Waals surface area contributed by atoms with Crippen molar-refractivity contribution in [2.24, 2.45) is 0 Å². The van der Waals surface area contributed by atoms with Crippen LogP contribution in [0.25, 0.3) is 0 Å². The summed E-state index contributed by atoms with van der Waals surface area (Å²) in [6.07, 6.45) is 0.393. The quantitative estimate of drug-likeness (QED) is 0.383. The largest absolute Gasteiger partial charge is 0.416 e. The maximum absolute atomic E-state index is 12.9. The lowest BCUT2D eigenvalue weighted by Gasteiger charge is -2.41. The monoisotopic (exact) mass is 419 g/mol. The Morgan fingerprint density at radius 2 is 1.77 bits per heavy atom. The topological polar surface area (TPSA) is 29.5 Å². The molecule has 0 spiro atoms. The van der Waals surface area contributed by atoms with Gasteiger partial charge >= 0.3 is 6.18 Å². The number of piperidine rings is 1. The second kappa shape index (κ2) is 10.1. The fourth-order valence-corrected chi connectivity index (χ4v) is 3.94. The van der Waals surface area contributed by atoms with Crippen LogP contribution in [0.1, 0.15) is 60.0 Å². The summed E-state index contributed by atoms with van der Waals surface area (Å²) in [5.74, 6) is 0.143. The standard InChI is InChI=1S/C24H28F3NO2/c1-2-3-14-30-17-23-13-8-20(19-6-9-21(10-7-19)24(25,26)27)15-28(23)22-11-4-18(16-29)5-12-22/h4-7,9-12,16,20,23H,2-3,8,13-15,17H2,1H3/t20?,23-/m0/s1. The molecule has 2 aromatic rings. The van der Waals surface area contributed by atoms with E-state index in [4.69, 9.17) is 4.74 Å². The van der Waals surface area contributed by atoms with Gasteiger partial charge in [-0.25, -0.2) is 0 Å². The second-order valence-corrected chi connectivity index (χ2v) is 7.84. The number of benzene rings is 2. The van der Waals surface area contributed by atoms with Gasteiger partial charge in [-0.3, -0.25) is 4.79 Å². The average Bonchev–Trinajstić information content (AvgIpc) is 2.76. The molecule has 2 atom stereocenters. The van der Waals surface area contributed by atoms with Crippen LogP contribution in [-0.2, 0) is 10.9 Å². The lowest BCUT2D eigenvalue weighted by atomic mass is 9.86. The molecule has 1 heterocycles. The van der Waals surface area contributed by atoms with Crippen LogP contribution in [0.2, 0.25) is 0 Å². The van der Waals surface area contributed by atoms with Gasteiger partial charge in [-0.05, 0) is 61.2 Å². The first-order valence-electron chi connectivity index (χ1n) is 10.5. The summed E-state index contributed by atoms with van der Waals surface area (Å²) in [4.78, 5) is 13.3. The van der Waals surface area contributed by atoms with Crippen molar-refractivity contribution in [1.29, 1.82) is 0 Å². The van der Waals surface area contributed by atoms with E-state index < -0.39 is 11.7 Å². The first-order valence-corrected chi connectivity index (χ1v) is 10.5. The molecule has 0 amide bonds. The molecule has 1 aliphatic rings. The predicted molar refractivity (Wildman–Crippen MR) is 112 cm³/mol. The van der Waals surface area contributed by atoms with Crippen molar-refractivity contribution in [3.8, 4) is 0 Å². The Bertz CT molecular complexity index is 803. The molecule has 0 saturated carbocycles. The lowest BCUT2D eigenvalue weighted by molar-refractivity contribution is -0.137. The van der Waals surface area contributed by atoms with Crippen LogP contribution in [0.4, 0.5) is 18.9 Å². The van der Waals surface area contributed by atoms with E-state index in [1.165, 1.54) is 12.1 Å². The zero-order chi connectivity index (χ0) is 21.6. The zero-order valence-corrected chi connectivity index (χ0v) is 17.2. The van der Waals surface area contributed by atoms with Gasteiger partial charge in [0.05, 0.1) is 18.2 Å². The van der Waals surface area contributed by atoms with E-state index in [9.17, 15) is 18.0 Å². The Morgan fingerprint density at radius 1 is 1.07 bits per heavy atom. The van der Waals surface area contributed by atoms with Crippen molar-refractivity contribution < 1.29 is 22.7 Å². The fourth-order valence-electron chi connectivity index (χ4n) is 3.94. The number of anilines is 1. The Labute approximate surface area is 175 Å². The van der Waals surface area contributed by atoms with Gasteiger partial charge in [-0.2, -0.15) is 13.2 Å². The first-order chi connectivity index (χ1) is 14.4. The maximum Gasteiger partial charge on any atom is 0.416 e. The molecule has 0 radical (unpaired) electrons. The predicted octanol–water partition coefficient (Wildman–Crippen LogP) is 6.09. The highest BCUT2D eigenvalue weighted by Crippen LogP contribution is 2.35. The van der Waals surface area contributed by atoms with Crippen molar-refractivity contribution in [3.05, 3.63) is 65.2 Å². The SMILES string of the molecule is CCCCOC[C@@H]1CCC(c2ccc(C(F)(F)F)cc2)CN1c1ccc(C=O)cc1. The van der Waals surface area contributed by atoms with Crippen LogP contribution in [0.15, 0.2) is 48.5 Å². The van der Waals surface area contributed by atoms with E-state index >= 15 is 0 Å². The minimum atomic E-state index is -4.32. The van der Waals surface area contributed by atoms with Gasteiger partial charge in [0.15, 0.2) is 0 Å². The number of halogens is 3. The second-order valence-electron chi connectivity index (χ2n) is 7.84. The number of alkyl halides is 3. The first kappa shape index (κ1) is 22.3. The molecular weight excluding hydrogens is 391 g/mol. The number of hydrogen-bond donors (Lipinski definition) is 0. The van der Waals surface area contributed by atoms with E-state index in [0.29, 0.717) is 18.7 Å². The minimum absolute atomic E-state index is 0.143. The molecule has 0 aromatic heterocycles. The Morgan fingerprint density at radius 3 is 2.37 bits per heavy atom. The van der Waals surface area contributed by atoms with Crippen molar-refractivity contribution in [2.75, 3.05) is 24.7 Å². The molecule has 1 unspecified atom stereocenters. The molecule has 1 aliphatic heterocycles. The molecule has 0 bridgehead atoms. The molecule has 0 aliphatic carbocycles. The molecule has 3 nitrogen and oxygen atoms in total. The van der Waals surface area contributed by atoms with E-state index in [-0.39, 0.29) is 12.0 Å². The smallest absolute Gasteiger partial charge is 0.379 e.